The van der Waals surface area contributed by atoms with Crippen LogP contribution in [0.25, 0.3) is 0 Å². The van der Waals surface area contributed by atoms with Gasteiger partial charge in [-0.05, 0) is 33.5 Å². The highest BCUT2D eigenvalue weighted by atomic mass is 79.9. The molecule has 0 N–H and O–H groups in total. The number of pyridine rings is 1. The van der Waals surface area contributed by atoms with Crippen LogP contribution < -0.4 is 0 Å². The van der Waals surface area contributed by atoms with Crippen molar-refractivity contribution < 1.29 is 4.79 Å². The average Bonchev–Trinajstić information content (AvgIpc) is 1.99. The highest BCUT2D eigenvalue weighted by Gasteiger charge is 2.27. The summed E-state index contributed by atoms with van der Waals surface area (Å²) in [5.74, 6) is 0.780. The number of carbonyl (C=O) groups excluding carboxylic acids is 1. The Hall–Kier alpha value is -0.700. The summed E-state index contributed by atoms with van der Waals surface area (Å²) in [6.45, 7) is 0. The van der Waals surface area contributed by atoms with E-state index in [0.29, 0.717) is 24.5 Å². The lowest BCUT2D eigenvalue weighted by Crippen LogP contribution is -2.21. The fourth-order valence-electron chi connectivity index (χ4n) is 1.38. The van der Waals surface area contributed by atoms with Gasteiger partial charge in [0, 0.05) is 29.7 Å². The molecule has 2 rings (SSSR count). The summed E-state index contributed by atoms with van der Waals surface area (Å²) in [7, 11) is 0. The number of nitrogens with zero attached hydrogens (tertiary/aromatic N) is 1. The molecule has 2 nitrogen and oxygen atoms in total. The molecule has 0 atom stereocenters. The highest BCUT2D eigenvalue weighted by Crippen LogP contribution is 2.33. The molecular formula is C9H8BrNO. The Morgan fingerprint density at radius 1 is 1.42 bits per heavy atom. The molecule has 3 heteroatoms. The van der Waals surface area contributed by atoms with E-state index in [-0.39, 0.29) is 0 Å². The van der Waals surface area contributed by atoms with Crippen LogP contribution in [0.4, 0.5) is 0 Å². The van der Waals surface area contributed by atoms with E-state index in [4.69, 9.17) is 0 Å². The van der Waals surface area contributed by atoms with Crippen LogP contribution in [-0.4, -0.2) is 10.8 Å². The van der Waals surface area contributed by atoms with E-state index in [0.717, 1.165) is 4.47 Å². The van der Waals surface area contributed by atoms with Crippen LogP contribution in [0, 0.1) is 0 Å². The summed E-state index contributed by atoms with van der Waals surface area (Å²) in [5.41, 5.74) is 1.17. The smallest absolute Gasteiger partial charge is 0.134 e. The van der Waals surface area contributed by atoms with Crippen molar-refractivity contribution in [3.8, 4) is 0 Å². The zero-order valence-electron chi connectivity index (χ0n) is 6.46. The van der Waals surface area contributed by atoms with Gasteiger partial charge in [0.1, 0.15) is 5.78 Å². The Morgan fingerprint density at radius 3 is 2.75 bits per heavy atom. The first-order valence-corrected chi connectivity index (χ1v) is 4.67. The second kappa shape index (κ2) is 2.98. The van der Waals surface area contributed by atoms with Gasteiger partial charge in [-0.25, -0.2) is 0 Å². The maximum Gasteiger partial charge on any atom is 0.134 e. The van der Waals surface area contributed by atoms with Gasteiger partial charge in [0.15, 0.2) is 0 Å². The molecule has 0 aliphatic heterocycles. The molecule has 0 spiro atoms. The summed E-state index contributed by atoms with van der Waals surface area (Å²) in [4.78, 5) is 14.8. The number of aromatic nitrogens is 1. The number of hydrogen-bond acceptors (Lipinski definition) is 2. The second-order valence-electron chi connectivity index (χ2n) is 3.08. The number of Topliss-reactive ketones (excluding diaryl/α,β-unsaturated/α-hetero) is 1. The maximum atomic E-state index is 10.7. The number of hydrogen-bond donors (Lipinski definition) is 0. The first-order valence-electron chi connectivity index (χ1n) is 3.88. The van der Waals surface area contributed by atoms with Gasteiger partial charge in [-0.2, -0.15) is 0 Å². The molecule has 1 aliphatic carbocycles. The lowest BCUT2D eigenvalue weighted by Gasteiger charge is -2.23. The minimum atomic E-state index is 0.361. The Morgan fingerprint density at radius 2 is 2.17 bits per heavy atom. The second-order valence-corrected chi connectivity index (χ2v) is 4.00. The monoisotopic (exact) mass is 225 g/mol. The van der Waals surface area contributed by atoms with E-state index in [1.54, 1.807) is 6.20 Å². The Bertz CT molecular complexity index is 316. The number of ketones is 1. The van der Waals surface area contributed by atoms with Crippen LogP contribution in [0.1, 0.15) is 24.3 Å². The van der Waals surface area contributed by atoms with E-state index in [2.05, 4.69) is 20.9 Å². The van der Waals surface area contributed by atoms with Crippen molar-refractivity contribution in [3.63, 3.8) is 0 Å². The lowest BCUT2D eigenvalue weighted by molar-refractivity contribution is -0.124. The van der Waals surface area contributed by atoms with Gasteiger partial charge in [0.05, 0.1) is 0 Å². The normalized spacial score (nSPS) is 17.6. The van der Waals surface area contributed by atoms with Crippen molar-refractivity contribution in [2.75, 3.05) is 0 Å². The molecule has 1 aliphatic rings. The molecular weight excluding hydrogens is 218 g/mol. The molecule has 0 aromatic carbocycles. The fraction of sp³-hybridized carbons (Fsp3) is 0.333. The Labute approximate surface area is 79.1 Å². The van der Waals surface area contributed by atoms with Crippen LogP contribution >= 0.6 is 15.9 Å². The van der Waals surface area contributed by atoms with Crippen LogP contribution in [-0.2, 0) is 4.79 Å². The van der Waals surface area contributed by atoms with Crippen molar-refractivity contribution >= 4 is 21.7 Å². The number of rotatable bonds is 1. The molecule has 1 heterocycles. The molecule has 1 saturated carbocycles. The van der Waals surface area contributed by atoms with Crippen LogP contribution in [0.3, 0.4) is 0 Å². The fourth-order valence-corrected chi connectivity index (χ4v) is 1.76. The predicted octanol–water partition coefficient (Wildman–Crippen LogP) is 2.29. The zero-order valence-corrected chi connectivity index (χ0v) is 8.04. The minimum absolute atomic E-state index is 0.361. The molecule has 0 radical (unpaired) electrons. The van der Waals surface area contributed by atoms with E-state index in [9.17, 15) is 4.79 Å². The highest BCUT2D eigenvalue weighted by molar-refractivity contribution is 9.10. The van der Waals surface area contributed by atoms with Gasteiger partial charge >= 0.3 is 0 Å². The molecule has 62 valence electrons. The summed E-state index contributed by atoms with van der Waals surface area (Å²) in [6, 6.07) is 2.03. The molecule has 1 fully saturated rings. The first-order chi connectivity index (χ1) is 5.75. The third-order valence-corrected chi connectivity index (χ3v) is 2.58. The van der Waals surface area contributed by atoms with Crippen LogP contribution in [0.2, 0.25) is 0 Å². The Kier molecular flexibility index (Phi) is 1.97. The van der Waals surface area contributed by atoms with Crippen LogP contribution in [0.15, 0.2) is 22.9 Å². The van der Waals surface area contributed by atoms with Gasteiger partial charge < -0.3 is 0 Å². The molecule has 0 bridgehead atoms. The van der Waals surface area contributed by atoms with Crippen molar-refractivity contribution in [2.45, 2.75) is 18.8 Å². The Balaban J connectivity index is 2.18. The molecule has 1 aromatic rings. The standard InChI is InChI=1S/C9H8BrNO/c10-8-1-7(4-11-5-8)6-2-9(12)3-6/h1,4-6H,2-3H2. The first kappa shape index (κ1) is 7.92. The third kappa shape index (κ3) is 1.41. The maximum absolute atomic E-state index is 10.7. The van der Waals surface area contributed by atoms with Crippen molar-refractivity contribution in [1.82, 2.24) is 4.98 Å². The summed E-state index contributed by atoms with van der Waals surface area (Å²) >= 11 is 3.35. The SMILES string of the molecule is O=C1CC(c2cncc(Br)c2)C1. The summed E-state index contributed by atoms with van der Waals surface area (Å²) < 4.78 is 0.986. The predicted molar refractivity (Wildman–Crippen MR) is 48.9 cm³/mol. The summed E-state index contributed by atoms with van der Waals surface area (Å²) in [5, 5.41) is 0. The van der Waals surface area contributed by atoms with E-state index in [1.165, 1.54) is 5.56 Å². The average molecular weight is 226 g/mol. The molecule has 12 heavy (non-hydrogen) atoms. The van der Waals surface area contributed by atoms with Crippen LogP contribution in [0.5, 0.6) is 0 Å². The van der Waals surface area contributed by atoms with E-state index in [1.807, 2.05) is 12.3 Å². The van der Waals surface area contributed by atoms with Crippen molar-refractivity contribution in [3.05, 3.63) is 28.5 Å². The molecule has 0 saturated heterocycles. The van der Waals surface area contributed by atoms with E-state index < -0.39 is 0 Å². The largest absolute Gasteiger partial charge is 0.300 e. The lowest BCUT2D eigenvalue weighted by atomic mass is 9.80. The third-order valence-electron chi connectivity index (χ3n) is 2.15. The molecule has 1 aromatic heterocycles. The topological polar surface area (TPSA) is 30.0 Å². The van der Waals surface area contributed by atoms with Gasteiger partial charge in [0.2, 0.25) is 0 Å². The van der Waals surface area contributed by atoms with Gasteiger partial charge in [0.25, 0.3) is 0 Å². The van der Waals surface area contributed by atoms with Gasteiger partial charge in [-0.1, -0.05) is 0 Å². The minimum Gasteiger partial charge on any atom is -0.300 e. The van der Waals surface area contributed by atoms with Crippen molar-refractivity contribution in [1.29, 1.82) is 0 Å². The quantitative estimate of drug-likeness (QED) is 0.735. The number of halogens is 1. The van der Waals surface area contributed by atoms with Gasteiger partial charge in [-0.3, -0.25) is 9.78 Å². The zero-order chi connectivity index (χ0) is 8.55. The molecule has 0 unspecified atom stereocenters. The van der Waals surface area contributed by atoms with Crippen molar-refractivity contribution in [2.24, 2.45) is 0 Å². The van der Waals surface area contributed by atoms with Gasteiger partial charge in [-0.15, -0.1) is 0 Å². The molecule has 0 amide bonds. The van der Waals surface area contributed by atoms with E-state index >= 15 is 0 Å². The summed E-state index contributed by atoms with van der Waals surface area (Å²) in [6.07, 6.45) is 4.97. The number of carbonyl (C=O) groups is 1.